The van der Waals surface area contributed by atoms with E-state index < -0.39 is 9.84 Å². The number of benzene rings is 1. The topological polar surface area (TPSA) is 63.2 Å². The number of amides is 1. The molecule has 1 aromatic carbocycles. The number of para-hydroxylation sites is 1. The molecule has 4 nitrogen and oxygen atoms in total. The lowest BCUT2D eigenvalue weighted by Crippen LogP contribution is -2.14. The molecule has 0 aliphatic heterocycles. The third-order valence-corrected chi connectivity index (χ3v) is 4.67. The fourth-order valence-electron chi connectivity index (χ4n) is 1.80. The molecule has 0 fully saturated rings. The van der Waals surface area contributed by atoms with Crippen LogP contribution in [-0.4, -0.2) is 20.6 Å². The van der Waals surface area contributed by atoms with Crippen LogP contribution in [0, 0.1) is 0 Å². The average Bonchev–Trinajstić information content (AvgIpc) is 2.89. The lowest BCUT2D eigenvalue weighted by molar-refractivity contribution is -0.116. The van der Waals surface area contributed by atoms with E-state index in [-0.39, 0.29) is 10.8 Å². The summed E-state index contributed by atoms with van der Waals surface area (Å²) < 4.78 is 23.3. The maximum atomic E-state index is 11.9. The zero-order valence-electron chi connectivity index (χ0n) is 11.0. The van der Waals surface area contributed by atoms with Crippen LogP contribution < -0.4 is 5.32 Å². The summed E-state index contributed by atoms with van der Waals surface area (Å²) in [6, 6.07) is 8.39. The van der Waals surface area contributed by atoms with Crippen molar-refractivity contribution in [3.8, 4) is 0 Å². The van der Waals surface area contributed by atoms with Crippen molar-refractivity contribution < 1.29 is 13.2 Å². The summed E-state index contributed by atoms with van der Waals surface area (Å²) in [7, 11) is -3.35. The standard InChI is InChI=1S/C14H15NO3S2/c1-20(17,18)13-5-3-2-4-12(13)15-14(16)7-6-11-8-9-19-10-11/h2-5,8-10H,6-7H2,1H3,(H,15,16). The van der Waals surface area contributed by atoms with Gasteiger partial charge in [-0.1, -0.05) is 12.1 Å². The first-order chi connectivity index (χ1) is 9.47. The Morgan fingerprint density at radius 3 is 2.65 bits per heavy atom. The summed E-state index contributed by atoms with van der Waals surface area (Å²) in [5.41, 5.74) is 1.45. The van der Waals surface area contributed by atoms with Crippen molar-refractivity contribution in [1.29, 1.82) is 0 Å². The van der Waals surface area contributed by atoms with E-state index in [9.17, 15) is 13.2 Å². The van der Waals surface area contributed by atoms with Crippen molar-refractivity contribution in [2.75, 3.05) is 11.6 Å². The number of sulfone groups is 1. The van der Waals surface area contributed by atoms with Crippen LogP contribution >= 0.6 is 11.3 Å². The highest BCUT2D eigenvalue weighted by Crippen LogP contribution is 2.21. The predicted molar refractivity (Wildman–Crippen MR) is 80.8 cm³/mol. The molecule has 1 N–H and O–H groups in total. The Morgan fingerprint density at radius 1 is 1.25 bits per heavy atom. The molecule has 1 aromatic heterocycles. The van der Waals surface area contributed by atoms with E-state index in [1.54, 1.807) is 29.5 Å². The molecular weight excluding hydrogens is 294 g/mol. The minimum Gasteiger partial charge on any atom is -0.325 e. The van der Waals surface area contributed by atoms with Gasteiger partial charge >= 0.3 is 0 Å². The molecule has 2 aromatic rings. The number of hydrogen-bond donors (Lipinski definition) is 1. The zero-order valence-corrected chi connectivity index (χ0v) is 12.6. The molecule has 1 amide bonds. The van der Waals surface area contributed by atoms with E-state index in [1.165, 1.54) is 6.07 Å². The van der Waals surface area contributed by atoms with Crippen LogP contribution in [0.25, 0.3) is 0 Å². The number of thiophene rings is 1. The molecule has 2 rings (SSSR count). The van der Waals surface area contributed by atoms with Crippen molar-refractivity contribution in [2.24, 2.45) is 0 Å². The Morgan fingerprint density at radius 2 is 2.00 bits per heavy atom. The van der Waals surface area contributed by atoms with Crippen LogP contribution in [0.15, 0.2) is 46.0 Å². The maximum absolute atomic E-state index is 11.9. The molecule has 0 aliphatic rings. The van der Waals surface area contributed by atoms with Gasteiger partial charge in [-0.15, -0.1) is 0 Å². The smallest absolute Gasteiger partial charge is 0.224 e. The van der Waals surface area contributed by atoms with Crippen molar-refractivity contribution in [2.45, 2.75) is 17.7 Å². The predicted octanol–water partition coefficient (Wildman–Crippen LogP) is 2.72. The Labute approximate surface area is 122 Å². The molecule has 0 unspecified atom stereocenters. The largest absolute Gasteiger partial charge is 0.325 e. The van der Waals surface area contributed by atoms with Gasteiger partial charge in [0.25, 0.3) is 0 Å². The fourth-order valence-corrected chi connectivity index (χ4v) is 3.35. The number of nitrogens with one attached hydrogen (secondary N) is 1. The first-order valence-electron chi connectivity index (χ1n) is 6.07. The molecular formula is C14H15NO3S2. The molecule has 0 saturated heterocycles. The molecule has 0 atom stereocenters. The fraction of sp³-hybridized carbons (Fsp3) is 0.214. The molecule has 0 aliphatic carbocycles. The summed E-state index contributed by atoms with van der Waals surface area (Å²) in [6.07, 6.45) is 2.11. The second kappa shape index (κ2) is 6.19. The molecule has 1 heterocycles. The third kappa shape index (κ3) is 3.91. The van der Waals surface area contributed by atoms with Crippen molar-refractivity contribution >= 4 is 32.8 Å². The molecule has 0 radical (unpaired) electrons. The summed E-state index contributed by atoms with van der Waals surface area (Å²) in [4.78, 5) is 12.0. The SMILES string of the molecule is CS(=O)(=O)c1ccccc1NC(=O)CCc1ccsc1. The number of hydrogen-bond acceptors (Lipinski definition) is 4. The van der Waals surface area contributed by atoms with Gasteiger partial charge < -0.3 is 5.32 Å². The first-order valence-corrected chi connectivity index (χ1v) is 8.90. The lowest BCUT2D eigenvalue weighted by atomic mass is 10.2. The number of aryl methyl sites for hydroxylation is 1. The molecule has 6 heteroatoms. The van der Waals surface area contributed by atoms with Gasteiger partial charge in [-0.05, 0) is 40.9 Å². The van der Waals surface area contributed by atoms with Gasteiger partial charge in [0, 0.05) is 12.7 Å². The highest BCUT2D eigenvalue weighted by molar-refractivity contribution is 7.90. The van der Waals surface area contributed by atoms with Crippen molar-refractivity contribution in [3.05, 3.63) is 46.7 Å². The van der Waals surface area contributed by atoms with Gasteiger partial charge in [0.15, 0.2) is 9.84 Å². The minimum absolute atomic E-state index is 0.142. The van der Waals surface area contributed by atoms with Crippen LogP contribution in [0.4, 0.5) is 5.69 Å². The monoisotopic (exact) mass is 309 g/mol. The second-order valence-corrected chi connectivity index (χ2v) is 7.21. The third-order valence-electron chi connectivity index (χ3n) is 2.78. The van der Waals surface area contributed by atoms with Gasteiger partial charge in [0.05, 0.1) is 10.6 Å². The van der Waals surface area contributed by atoms with Gasteiger partial charge in [-0.3, -0.25) is 4.79 Å². The number of rotatable bonds is 5. The van der Waals surface area contributed by atoms with Crippen LogP contribution in [0.3, 0.4) is 0 Å². The quantitative estimate of drug-likeness (QED) is 0.923. The second-order valence-electron chi connectivity index (χ2n) is 4.45. The first kappa shape index (κ1) is 14.7. The Kier molecular flexibility index (Phi) is 4.57. The maximum Gasteiger partial charge on any atom is 0.224 e. The van der Waals surface area contributed by atoms with E-state index in [4.69, 9.17) is 0 Å². The summed E-state index contributed by atoms with van der Waals surface area (Å²) in [6.45, 7) is 0. The summed E-state index contributed by atoms with van der Waals surface area (Å²) >= 11 is 1.59. The Bertz CT molecular complexity index is 691. The van der Waals surface area contributed by atoms with Crippen molar-refractivity contribution in [1.82, 2.24) is 0 Å². The van der Waals surface area contributed by atoms with Gasteiger partial charge in [-0.2, -0.15) is 11.3 Å². The number of carbonyl (C=O) groups is 1. The van der Waals surface area contributed by atoms with E-state index in [0.29, 0.717) is 18.5 Å². The summed E-state index contributed by atoms with van der Waals surface area (Å²) in [5.74, 6) is -0.188. The lowest BCUT2D eigenvalue weighted by Gasteiger charge is -2.09. The van der Waals surface area contributed by atoms with Crippen LogP contribution in [0.5, 0.6) is 0 Å². The van der Waals surface area contributed by atoms with Gasteiger partial charge in [0.2, 0.25) is 5.91 Å². The van der Waals surface area contributed by atoms with E-state index in [2.05, 4.69) is 5.32 Å². The summed E-state index contributed by atoms with van der Waals surface area (Å²) in [5, 5.41) is 6.63. The molecule has 0 bridgehead atoms. The van der Waals surface area contributed by atoms with Crippen LogP contribution in [0.1, 0.15) is 12.0 Å². The number of carbonyl (C=O) groups excluding carboxylic acids is 1. The van der Waals surface area contributed by atoms with E-state index >= 15 is 0 Å². The average molecular weight is 309 g/mol. The Hall–Kier alpha value is -1.66. The van der Waals surface area contributed by atoms with Gasteiger partial charge in [0.1, 0.15) is 0 Å². The van der Waals surface area contributed by atoms with Crippen LogP contribution in [-0.2, 0) is 21.1 Å². The number of anilines is 1. The molecule has 20 heavy (non-hydrogen) atoms. The highest BCUT2D eigenvalue weighted by atomic mass is 32.2. The minimum atomic E-state index is -3.35. The molecule has 0 spiro atoms. The Balaban J connectivity index is 2.05. The van der Waals surface area contributed by atoms with E-state index in [1.807, 2.05) is 16.8 Å². The van der Waals surface area contributed by atoms with Crippen molar-refractivity contribution in [3.63, 3.8) is 0 Å². The van der Waals surface area contributed by atoms with Gasteiger partial charge in [-0.25, -0.2) is 8.42 Å². The molecule has 106 valence electrons. The molecule has 0 saturated carbocycles. The van der Waals surface area contributed by atoms with E-state index in [0.717, 1.165) is 11.8 Å². The zero-order chi connectivity index (χ0) is 14.6. The van der Waals surface area contributed by atoms with Crippen LogP contribution in [0.2, 0.25) is 0 Å². The normalized spacial score (nSPS) is 11.2. The highest BCUT2D eigenvalue weighted by Gasteiger charge is 2.14.